The van der Waals surface area contributed by atoms with Gasteiger partial charge < -0.3 is 9.47 Å². The summed E-state index contributed by atoms with van der Waals surface area (Å²) in [5, 5.41) is 2.46. The first-order valence-electron chi connectivity index (χ1n) is 19.5. The molecule has 0 saturated carbocycles. The first-order chi connectivity index (χ1) is 28.3. The first-order valence-corrected chi connectivity index (χ1v) is 19.5. The van der Waals surface area contributed by atoms with E-state index in [2.05, 4.69) is 221 Å². The van der Waals surface area contributed by atoms with Crippen LogP contribution < -0.4 is 4.90 Å². The average molecular weight is 728 g/mol. The van der Waals surface area contributed by atoms with Crippen LogP contribution in [0.25, 0.3) is 49.7 Å². The molecule has 0 atom stereocenters. The van der Waals surface area contributed by atoms with Crippen LogP contribution in [0.1, 0.15) is 22.3 Å². The van der Waals surface area contributed by atoms with E-state index in [1.54, 1.807) is 0 Å². The summed E-state index contributed by atoms with van der Waals surface area (Å²) in [5.41, 5.74) is 16.0. The van der Waals surface area contributed by atoms with Crippen LogP contribution in [0.3, 0.4) is 0 Å². The van der Waals surface area contributed by atoms with Crippen molar-refractivity contribution >= 4 is 38.9 Å². The van der Waals surface area contributed by atoms with E-state index >= 15 is 0 Å². The van der Waals surface area contributed by atoms with Crippen LogP contribution in [0, 0.1) is 0 Å². The number of fused-ring (bicyclic) bond motifs is 6. The molecule has 3 nitrogen and oxygen atoms in total. The number of benzene rings is 8. The Hall–Kier alpha value is -7.49. The molecule has 11 rings (SSSR count). The second kappa shape index (κ2) is 13.4. The molecule has 57 heavy (non-hydrogen) atoms. The summed E-state index contributed by atoms with van der Waals surface area (Å²) < 4.78 is 2.40. The molecule has 2 aromatic heterocycles. The van der Waals surface area contributed by atoms with E-state index in [4.69, 9.17) is 0 Å². The minimum absolute atomic E-state index is 0.510. The predicted molar refractivity (Wildman–Crippen MR) is 236 cm³/mol. The van der Waals surface area contributed by atoms with Gasteiger partial charge in [-0.15, -0.1) is 0 Å². The number of anilines is 3. The molecule has 0 bridgehead atoms. The molecule has 8 aromatic carbocycles. The molecule has 3 heteroatoms. The van der Waals surface area contributed by atoms with Crippen molar-refractivity contribution in [2.75, 3.05) is 4.90 Å². The van der Waals surface area contributed by atoms with Gasteiger partial charge >= 0.3 is 0 Å². The lowest BCUT2D eigenvalue weighted by atomic mass is 9.67. The predicted octanol–water partition coefficient (Wildman–Crippen LogP) is 13.7. The summed E-state index contributed by atoms with van der Waals surface area (Å²) in [6.45, 7) is 0. The molecule has 0 unspecified atom stereocenters. The maximum absolute atomic E-state index is 4.39. The van der Waals surface area contributed by atoms with Gasteiger partial charge in [-0.1, -0.05) is 152 Å². The Morgan fingerprint density at radius 1 is 0.404 bits per heavy atom. The highest BCUT2D eigenvalue weighted by Crippen LogP contribution is 2.57. The fourth-order valence-corrected chi connectivity index (χ4v) is 9.31. The molecule has 2 heterocycles. The number of pyridine rings is 1. The zero-order chi connectivity index (χ0) is 37.8. The Balaban J connectivity index is 1.18. The largest absolute Gasteiger partial charge is 0.310 e. The molecule has 10 aromatic rings. The van der Waals surface area contributed by atoms with E-state index in [1.165, 1.54) is 49.7 Å². The molecule has 0 saturated heterocycles. The Bertz CT molecular complexity index is 3000. The SMILES string of the molecule is c1ccc(-n2c3ccccc3c3ccc(N(c4ccc(-c5cccnc5)cc4)c4ccc5c(c4)C(c4ccccc4)(c4ccccc4)c4ccccc4-5)cc32)cc1. The van der Waals surface area contributed by atoms with Crippen LogP contribution in [0.4, 0.5) is 17.1 Å². The molecule has 0 spiro atoms. The Morgan fingerprint density at radius 3 is 1.74 bits per heavy atom. The number of hydrogen-bond donors (Lipinski definition) is 0. The third kappa shape index (κ3) is 5.17. The van der Waals surface area contributed by atoms with Gasteiger partial charge in [-0.05, 0) is 105 Å². The molecule has 0 aliphatic heterocycles. The highest BCUT2D eigenvalue weighted by atomic mass is 15.1. The van der Waals surface area contributed by atoms with Crippen molar-refractivity contribution in [2.45, 2.75) is 5.41 Å². The van der Waals surface area contributed by atoms with Gasteiger partial charge in [-0.2, -0.15) is 0 Å². The molecule has 1 aliphatic carbocycles. The third-order valence-corrected chi connectivity index (χ3v) is 11.8. The van der Waals surface area contributed by atoms with Gasteiger partial charge in [0.05, 0.1) is 16.4 Å². The van der Waals surface area contributed by atoms with Crippen molar-refractivity contribution in [2.24, 2.45) is 0 Å². The number of rotatable bonds is 7. The van der Waals surface area contributed by atoms with Gasteiger partial charge in [0.2, 0.25) is 0 Å². The molecule has 0 N–H and O–H groups in total. The van der Waals surface area contributed by atoms with Crippen LogP contribution in [0.5, 0.6) is 0 Å². The smallest absolute Gasteiger partial charge is 0.0714 e. The average Bonchev–Trinajstić information content (AvgIpc) is 3.78. The lowest BCUT2D eigenvalue weighted by molar-refractivity contribution is 0.768. The molecular formula is C54H37N3. The molecular weight excluding hydrogens is 691 g/mol. The minimum Gasteiger partial charge on any atom is -0.310 e. The Kier molecular flexibility index (Phi) is 7.71. The van der Waals surface area contributed by atoms with E-state index in [0.717, 1.165) is 39.4 Å². The van der Waals surface area contributed by atoms with Crippen LogP contribution >= 0.6 is 0 Å². The summed E-state index contributed by atoms with van der Waals surface area (Å²) in [4.78, 5) is 6.82. The van der Waals surface area contributed by atoms with E-state index < -0.39 is 5.41 Å². The number of para-hydroxylation sites is 2. The second-order valence-corrected chi connectivity index (χ2v) is 14.8. The van der Waals surface area contributed by atoms with Crippen molar-refractivity contribution in [3.8, 4) is 27.9 Å². The zero-order valence-corrected chi connectivity index (χ0v) is 31.2. The number of aromatic nitrogens is 2. The summed E-state index contributed by atoms with van der Waals surface area (Å²) in [5.74, 6) is 0. The Morgan fingerprint density at radius 2 is 1.00 bits per heavy atom. The number of nitrogens with zero attached hydrogens (tertiary/aromatic N) is 3. The van der Waals surface area contributed by atoms with Crippen LogP contribution in [-0.2, 0) is 5.41 Å². The van der Waals surface area contributed by atoms with Gasteiger partial charge in [0.1, 0.15) is 0 Å². The third-order valence-electron chi connectivity index (χ3n) is 11.8. The monoisotopic (exact) mass is 727 g/mol. The molecule has 0 fully saturated rings. The minimum atomic E-state index is -0.510. The summed E-state index contributed by atoms with van der Waals surface area (Å²) in [6.07, 6.45) is 3.75. The van der Waals surface area contributed by atoms with Gasteiger partial charge in [-0.25, -0.2) is 0 Å². The highest BCUT2D eigenvalue weighted by Gasteiger charge is 2.46. The summed E-state index contributed by atoms with van der Waals surface area (Å²) in [7, 11) is 0. The van der Waals surface area contributed by atoms with Gasteiger partial charge in [-0.3, -0.25) is 4.98 Å². The summed E-state index contributed by atoms with van der Waals surface area (Å²) in [6, 6.07) is 77.4. The van der Waals surface area contributed by atoms with Crippen molar-refractivity contribution in [3.63, 3.8) is 0 Å². The molecule has 0 amide bonds. The maximum atomic E-state index is 4.39. The first kappa shape index (κ1) is 32.9. The summed E-state index contributed by atoms with van der Waals surface area (Å²) >= 11 is 0. The lowest BCUT2D eigenvalue weighted by Crippen LogP contribution is -2.28. The Labute approximate surface area is 332 Å². The van der Waals surface area contributed by atoms with E-state index in [-0.39, 0.29) is 0 Å². The molecule has 268 valence electrons. The van der Waals surface area contributed by atoms with Crippen LogP contribution in [-0.4, -0.2) is 9.55 Å². The highest BCUT2D eigenvalue weighted by molar-refractivity contribution is 6.10. The van der Waals surface area contributed by atoms with Gasteiger partial charge in [0.25, 0.3) is 0 Å². The standard InChI is InChI=1S/C54H37N3/c1-4-16-40(17-5-1)54(41-18-6-2-7-19-41)50-24-12-10-22-46(50)47-32-30-44(35-51(47)54)56(43-28-26-38(27-29-43)39-15-14-34-55-37-39)45-31-33-49-48-23-11-13-25-52(48)57(53(49)36-45)42-20-8-3-9-21-42/h1-37H. The maximum Gasteiger partial charge on any atom is 0.0714 e. The fourth-order valence-electron chi connectivity index (χ4n) is 9.31. The van der Waals surface area contributed by atoms with Crippen molar-refractivity contribution in [1.82, 2.24) is 9.55 Å². The van der Waals surface area contributed by atoms with Crippen molar-refractivity contribution < 1.29 is 0 Å². The van der Waals surface area contributed by atoms with Crippen LogP contribution in [0.15, 0.2) is 225 Å². The van der Waals surface area contributed by atoms with Crippen molar-refractivity contribution in [1.29, 1.82) is 0 Å². The fraction of sp³-hybridized carbons (Fsp3) is 0.0185. The molecule has 1 aliphatic rings. The number of hydrogen-bond acceptors (Lipinski definition) is 2. The normalized spacial score (nSPS) is 12.7. The van der Waals surface area contributed by atoms with Crippen molar-refractivity contribution in [3.05, 3.63) is 247 Å². The topological polar surface area (TPSA) is 21.1 Å². The second-order valence-electron chi connectivity index (χ2n) is 14.8. The van der Waals surface area contributed by atoms with E-state index in [0.29, 0.717) is 0 Å². The lowest BCUT2D eigenvalue weighted by Gasteiger charge is -2.35. The zero-order valence-electron chi connectivity index (χ0n) is 31.2. The van der Waals surface area contributed by atoms with Gasteiger partial charge in [0.15, 0.2) is 0 Å². The molecule has 0 radical (unpaired) electrons. The van der Waals surface area contributed by atoms with Gasteiger partial charge in [0, 0.05) is 45.9 Å². The van der Waals surface area contributed by atoms with Crippen LogP contribution in [0.2, 0.25) is 0 Å². The quantitative estimate of drug-likeness (QED) is 0.163. The van der Waals surface area contributed by atoms with E-state index in [9.17, 15) is 0 Å². The van der Waals surface area contributed by atoms with E-state index in [1.807, 2.05) is 18.5 Å².